The summed E-state index contributed by atoms with van der Waals surface area (Å²) in [6.07, 6.45) is 0.396. The zero-order chi connectivity index (χ0) is 13.9. The monoisotopic (exact) mass is 275 g/mol. The lowest BCUT2D eigenvalue weighted by atomic mass is 9.96. The van der Waals surface area contributed by atoms with E-state index in [4.69, 9.17) is 0 Å². The highest BCUT2D eigenvalue weighted by Gasteiger charge is 2.46. The molecule has 0 aliphatic carbocycles. The second-order valence-corrected chi connectivity index (χ2v) is 6.09. The van der Waals surface area contributed by atoms with Gasteiger partial charge in [0, 0.05) is 6.42 Å². The quantitative estimate of drug-likeness (QED) is 0.835. The number of sulfonamides is 1. The summed E-state index contributed by atoms with van der Waals surface area (Å²) in [7, 11) is -5.57. The molecular formula is C9H16F3NO3S. The van der Waals surface area contributed by atoms with Gasteiger partial charge in [-0.15, -0.1) is 0 Å². The number of amides is 1. The van der Waals surface area contributed by atoms with Crippen molar-refractivity contribution in [3.05, 3.63) is 0 Å². The average molecular weight is 275 g/mol. The fourth-order valence-corrected chi connectivity index (χ4v) is 1.95. The van der Waals surface area contributed by atoms with Crippen molar-refractivity contribution in [1.82, 2.24) is 4.72 Å². The molecule has 1 amide bonds. The number of carbonyl (C=O) groups is 1. The van der Waals surface area contributed by atoms with Gasteiger partial charge in [-0.05, 0) is 18.3 Å². The second kappa shape index (κ2) is 5.70. The zero-order valence-electron chi connectivity index (χ0n) is 9.84. The number of rotatable bonds is 5. The molecule has 17 heavy (non-hydrogen) atoms. The largest absolute Gasteiger partial charge is 0.516 e. The molecule has 0 saturated carbocycles. The molecule has 1 unspecified atom stereocenters. The molecule has 102 valence electrons. The van der Waals surface area contributed by atoms with Crippen LogP contribution >= 0.6 is 0 Å². The molecule has 0 heterocycles. The van der Waals surface area contributed by atoms with Gasteiger partial charge >= 0.3 is 15.5 Å². The maximum Gasteiger partial charge on any atom is 0.516 e. The fraction of sp³-hybridized carbons (Fsp3) is 0.889. The SMILES string of the molecule is CC(C)CC(C)CC(=O)NS(=O)(=O)C(F)(F)F. The molecule has 0 radical (unpaired) electrons. The number of hydrogen-bond donors (Lipinski definition) is 1. The molecule has 0 aromatic rings. The van der Waals surface area contributed by atoms with E-state index in [9.17, 15) is 26.4 Å². The third kappa shape index (κ3) is 5.90. The lowest BCUT2D eigenvalue weighted by Crippen LogP contribution is -2.40. The van der Waals surface area contributed by atoms with Gasteiger partial charge in [0.1, 0.15) is 0 Å². The lowest BCUT2D eigenvalue weighted by Gasteiger charge is -2.14. The van der Waals surface area contributed by atoms with Crippen molar-refractivity contribution in [2.45, 2.75) is 39.1 Å². The molecule has 1 atom stereocenters. The van der Waals surface area contributed by atoms with Crippen LogP contribution in [0.15, 0.2) is 0 Å². The van der Waals surface area contributed by atoms with Gasteiger partial charge in [-0.1, -0.05) is 20.8 Å². The first-order valence-corrected chi connectivity index (χ1v) is 6.56. The Kier molecular flexibility index (Phi) is 5.44. The van der Waals surface area contributed by atoms with Crippen LogP contribution in [0, 0.1) is 11.8 Å². The molecule has 0 aromatic carbocycles. The average Bonchev–Trinajstić information content (AvgIpc) is 1.96. The highest BCUT2D eigenvalue weighted by molar-refractivity contribution is 7.90. The summed E-state index contributed by atoms with van der Waals surface area (Å²) in [5.41, 5.74) is -5.45. The third-order valence-corrected chi connectivity index (χ3v) is 3.07. The minimum atomic E-state index is -5.57. The predicted octanol–water partition coefficient (Wildman–Crippen LogP) is 2.02. The van der Waals surface area contributed by atoms with Crippen LogP contribution in [-0.4, -0.2) is 19.8 Å². The predicted molar refractivity (Wildman–Crippen MR) is 56.4 cm³/mol. The Balaban J connectivity index is 4.39. The van der Waals surface area contributed by atoms with Crippen molar-refractivity contribution in [1.29, 1.82) is 0 Å². The standard InChI is InChI=1S/C9H16F3NO3S/c1-6(2)4-7(3)5-8(14)13-17(15,16)9(10,11)12/h6-7H,4-5H2,1-3H3,(H,13,14). The fourth-order valence-electron chi connectivity index (χ4n) is 1.45. The van der Waals surface area contributed by atoms with E-state index < -0.39 is 21.4 Å². The lowest BCUT2D eigenvalue weighted by molar-refractivity contribution is -0.120. The van der Waals surface area contributed by atoms with E-state index in [0.29, 0.717) is 6.42 Å². The molecule has 0 fully saturated rings. The molecule has 0 spiro atoms. The summed E-state index contributed by atoms with van der Waals surface area (Å²) >= 11 is 0. The van der Waals surface area contributed by atoms with Crippen LogP contribution in [0.2, 0.25) is 0 Å². The van der Waals surface area contributed by atoms with E-state index in [2.05, 4.69) is 0 Å². The molecular weight excluding hydrogens is 259 g/mol. The van der Waals surface area contributed by atoms with Gasteiger partial charge < -0.3 is 0 Å². The number of alkyl halides is 3. The van der Waals surface area contributed by atoms with E-state index in [1.807, 2.05) is 13.8 Å². The third-order valence-electron chi connectivity index (χ3n) is 1.96. The van der Waals surface area contributed by atoms with Crippen molar-refractivity contribution in [3.63, 3.8) is 0 Å². The minimum absolute atomic E-state index is 0.168. The van der Waals surface area contributed by atoms with Gasteiger partial charge in [0.15, 0.2) is 0 Å². The minimum Gasteiger partial charge on any atom is -0.274 e. The number of nitrogens with one attached hydrogen (secondary N) is 1. The summed E-state index contributed by atoms with van der Waals surface area (Å²) in [6, 6.07) is 0. The first kappa shape index (κ1) is 16.2. The van der Waals surface area contributed by atoms with Gasteiger partial charge in [0.05, 0.1) is 0 Å². The van der Waals surface area contributed by atoms with Gasteiger partial charge in [-0.3, -0.25) is 4.79 Å². The van der Waals surface area contributed by atoms with Crippen molar-refractivity contribution >= 4 is 15.9 Å². The summed E-state index contributed by atoms with van der Waals surface area (Å²) in [5, 5.41) is 0. The maximum absolute atomic E-state index is 11.9. The van der Waals surface area contributed by atoms with Crippen LogP contribution in [0.4, 0.5) is 13.2 Å². The highest BCUT2D eigenvalue weighted by atomic mass is 32.2. The van der Waals surface area contributed by atoms with Crippen LogP contribution in [0.3, 0.4) is 0 Å². The molecule has 0 bridgehead atoms. The maximum atomic E-state index is 11.9. The van der Waals surface area contributed by atoms with E-state index in [0.717, 1.165) is 4.72 Å². The van der Waals surface area contributed by atoms with Crippen LogP contribution in [0.1, 0.15) is 33.6 Å². The molecule has 0 rings (SSSR count). The summed E-state index contributed by atoms with van der Waals surface area (Å²) in [4.78, 5) is 11.1. The van der Waals surface area contributed by atoms with Crippen molar-refractivity contribution in [2.75, 3.05) is 0 Å². The topological polar surface area (TPSA) is 63.2 Å². The highest BCUT2D eigenvalue weighted by Crippen LogP contribution is 2.22. The molecule has 0 saturated heterocycles. The molecule has 0 aliphatic rings. The molecule has 0 aliphatic heterocycles. The van der Waals surface area contributed by atoms with E-state index in [1.165, 1.54) is 0 Å². The summed E-state index contributed by atoms with van der Waals surface area (Å²) < 4.78 is 58.0. The summed E-state index contributed by atoms with van der Waals surface area (Å²) in [6.45, 7) is 5.49. The first-order valence-electron chi connectivity index (χ1n) is 5.07. The first-order chi connectivity index (χ1) is 7.45. The van der Waals surface area contributed by atoms with Crippen LogP contribution in [-0.2, 0) is 14.8 Å². The molecule has 1 N–H and O–H groups in total. The number of carbonyl (C=O) groups excluding carboxylic acids is 1. The van der Waals surface area contributed by atoms with Crippen molar-refractivity contribution in [2.24, 2.45) is 11.8 Å². The Bertz CT molecular complexity index is 362. The van der Waals surface area contributed by atoms with Crippen molar-refractivity contribution in [3.8, 4) is 0 Å². The van der Waals surface area contributed by atoms with Gasteiger partial charge in [-0.25, -0.2) is 4.72 Å². The Labute approximate surface area is 98.6 Å². The van der Waals surface area contributed by atoms with Crippen LogP contribution < -0.4 is 4.72 Å². The van der Waals surface area contributed by atoms with Crippen LogP contribution in [0.25, 0.3) is 0 Å². The normalized spacial score (nSPS) is 14.8. The summed E-state index contributed by atoms with van der Waals surface area (Å²) in [5.74, 6) is -1.01. The van der Waals surface area contributed by atoms with Crippen LogP contribution in [0.5, 0.6) is 0 Å². The molecule has 4 nitrogen and oxygen atoms in total. The number of halogens is 3. The zero-order valence-corrected chi connectivity index (χ0v) is 10.7. The Hall–Kier alpha value is -0.790. The van der Waals surface area contributed by atoms with E-state index in [1.54, 1.807) is 6.92 Å². The molecule has 0 aromatic heterocycles. The van der Waals surface area contributed by atoms with Gasteiger partial charge in [0.25, 0.3) is 0 Å². The Morgan fingerprint density at radius 2 is 1.71 bits per heavy atom. The van der Waals surface area contributed by atoms with Gasteiger partial charge in [0.2, 0.25) is 5.91 Å². The van der Waals surface area contributed by atoms with Crippen molar-refractivity contribution < 1.29 is 26.4 Å². The Morgan fingerprint density at radius 3 is 2.06 bits per heavy atom. The van der Waals surface area contributed by atoms with Gasteiger partial charge in [-0.2, -0.15) is 21.6 Å². The number of hydrogen-bond acceptors (Lipinski definition) is 3. The Morgan fingerprint density at radius 1 is 1.24 bits per heavy atom. The van der Waals surface area contributed by atoms with E-state index >= 15 is 0 Å². The smallest absolute Gasteiger partial charge is 0.274 e. The molecule has 8 heteroatoms. The van der Waals surface area contributed by atoms with E-state index in [-0.39, 0.29) is 18.3 Å². The second-order valence-electron chi connectivity index (χ2n) is 4.41.